The van der Waals surface area contributed by atoms with Gasteiger partial charge in [-0.25, -0.2) is 22.0 Å². The third kappa shape index (κ3) is 5.24. The van der Waals surface area contributed by atoms with Gasteiger partial charge in [-0.2, -0.15) is 4.31 Å². The van der Waals surface area contributed by atoms with Crippen molar-refractivity contribution in [3.05, 3.63) is 101 Å². The number of rotatable bonds is 8. The number of benzene rings is 3. The number of carbonyl (C=O) groups excluding carboxylic acids is 2. The normalized spacial score (nSPS) is 12.4. The minimum Gasteiger partial charge on any atom is -0.465 e. The summed E-state index contributed by atoms with van der Waals surface area (Å²) in [6.07, 6.45) is 0. The topological polar surface area (TPSA) is 107 Å². The molecule has 0 aromatic heterocycles. The molecule has 2 N–H and O–H groups in total. The first-order chi connectivity index (χ1) is 15.6. The van der Waals surface area contributed by atoms with Crippen LogP contribution in [0.1, 0.15) is 27.5 Å². The molecule has 10 heteroatoms. The number of carbonyl (C=O) groups is 2. The van der Waals surface area contributed by atoms with Gasteiger partial charge in [-0.3, -0.25) is 4.79 Å². The number of esters is 1. The van der Waals surface area contributed by atoms with E-state index in [-0.39, 0.29) is 17.7 Å². The summed E-state index contributed by atoms with van der Waals surface area (Å²) in [5.74, 6) is -3.83. The summed E-state index contributed by atoms with van der Waals surface area (Å²) in [6.45, 7) is -0.386. The molecule has 0 saturated heterocycles. The lowest BCUT2D eigenvalue weighted by molar-refractivity contribution is -0.122. The van der Waals surface area contributed by atoms with Gasteiger partial charge >= 0.3 is 5.97 Å². The van der Waals surface area contributed by atoms with Crippen LogP contribution in [0.3, 0.4) is 0 Å². The number of methoxy groups -OCH3 is 1. The van der Waals surface area contributed by atoms with Crippen LogP contribution in [0.25, 0.3) is 0 Å². The van der Waals surface area contributed by atoms with Crippen molar-refractivity contribution in [1.29, 1.82) is 0 Å². The monoisotopic (exact) mass is 474 g/mol. The average molecular weight is 474 g/mol. The van der Waals surface area contributed by atoms with E-state index in [1.165, 1.54) is 43.5 Å². The van der Waals surface area contributed by atoms with Gasteiger partial charge in [0, 0.05) is 12.6 Å². The first-order valence-corrected chi connectivity index (χ1v) is 11.1. The van der Waals surface area contributed by atoms with Crippen LogP contribution in [-0.4, -0.2) is 31.7 Å². The maximum atomic E-state index is 14.5. The molecule has 7 nitrogen and oxygen atoms in total. The van der Waals surface area contributed by atoms with Crippen LogP contribution < -0.4 is 5.73 Å². The van der Waals surface area contributed by atoms with E-state index in [1.807, 2.05) is 0 Å². The first-order valence-electron chi connectivity index (χ1n) is 9.63. The summed E-state index contributed by atoms with van der Waals surface area (Å²) in [4.78, 5) is 23.3. The molecule has 0 aliphatic heterocycles. The Kier molecular flexibility index (Phi) is 7.19. The molecule has 1 atom stereocenters. The largest absolute Gasteiger partial charge is 0.465 e. The van der Waals surface area contributed by atoms with Crippen molar-refractivity contribution in [2.24, 2.45) is 5.73 Å². The Labute approximate surface area is 189 Å². The Morgan fingerprint density at radius 1 is 1.00 bits per heavy atom. The average Bonchev–Trinajstić information content (AvgIpc) is 2.78. The van der Waals surface area contributed by atoms with Crippen molar-refractivity contribution < 1.29 is 31.5 Å². The second-order valence-corrected chi connectivity index (χ2v) is 8.89. The SMILES string of the molecule is COC(=O)c1ccc(CN(C(C(N)=O)c2ccccc2)S(=O)(=O)c2ccc(F)cc2F)cc1. The molecule has 3 aromatic rings. The smallest absolute Gasteiger partial charge is 0.337 e. The molecule has 1 amide bonds. The molecule has 0 bridgehead atoms. The van der Waals surface area contributed by atoms with Gasteiger partial charge in [0.15, 0.2) is 0 Å². The summed E-state index contributed by atoms with van der Waals surface area (Å²) in [5.41, 5.74) is 6.46. The fourth-order valence-corrected chi connectivity index (χ4v) is 4.90. The number of hydrogen-bond donors (Lipinski definition) is 1. The Morgan fingerprint density at radius 3 is 2.18 bits per heavy atom. The van der Waals surface area contributed by atoms with E-state index < -0.39 is 44.5 Å². The maximum absolute atomic E-state index is 14.5. The van der Waals surface area contributed by atoms with Crippen molar-refractivity contribution in [2.45, 2.75) is 17.5 Å². The van der Waals surface area contributed by atoms with Crippen LogP contribution >= 0.6 is 0 Å². The van der Waals surface area contributed by atoms with Crippen molar-refractivity contribution in [3.8, 4) is 0 Å². The maximum Gasteiger partial charge on any atom is 0.337 e. The molecular formula is C23H20F2N2O5S. The number of amides is 1. The molecule has 3 aromatic carbocycles. The van der Waals surface area contributed by atoms with E-state index in [4.69, 9.17) is 5.73 Å². The lowest BCUT2D eigenvalue weighted by atomic mass is 10.1. The van der Waals surface area contributed by atoms with Crippen molar-refractivity contribution in [3.63, 3.8) is 0 Å². The third-order valence-corrected chi connectivity index (χ3v) is 6.71. The summed E-state index contributed by atoms with van der Waals surface area (Å²) >= 11 is 0. The molecule has 0 fully saturated rings. The number of halogens is 2. The number of nitrogens with two attached hydrogens (primary N) is 1. The van der Waals surface area contributed by atoms with Crippen molar-refractivity contribution in [1.82, 2.24) is 4.31 Å². The first kappa shape index (κ1) is 24.0. The second-order valence-electron chi connectivity index (χ2n) is 7.03. The minimum atomic E-state index is -4.67. The Bertz CT molecular complexity index is 1270. The predicted molar refractivity (Wildman–Crippen MR) is 115 cm³/mol. The van der Waals surface area contributed by atoms with E-state index in [0.29, 0.717) is 11.6 Å². The highest BCUT2D eigenvalue weighted by Crippen LogP contribution is 2.31. The number of sulfonamides is 1. The van der Waals surface area contributed by atoms with Crippen molar-refractivity contribution in [2.75, 3.05) is 7.11 Å². The summed E-state index contributed by atoms with van der Waals surface area (Å²) in [7, 11) is -3.45. The molecule has 0 heterocycles. The molecule has 0 radical (unpaired) electrons. The highest BCUT2D eigenvalue weighted by atomic mass is 32.2. The lowest BCUT2D eigenvalue weighted by Crippen LogP contribution is -2.41. The zero-order valence-electron chi connectivity index (χ0n) is 17.4. The fraction of sp³-hybridized carbons (Fsp3) is 0.130. The van der Waals surface area contributed by atoms with E-state index in [9.17, 15) is 26.8 Å². The number of nitrogens with zero attached hydrogens (tertiary/aromatic N) is 1. The van der Waals surface area contributed by atoms with Crippen LogP contribution in [0.2, 0.25) is 0 Å². The standard InChI is InChI=1S/C23H20F2N2O5S/c1-32-23(29)17-9-7-15(8-10-17)14-27(21(22(26)28)16-5-3-2-4-6-16)33(30,31)20-12-11-18(24)13-19(20)25/h2-13,21H,14H2,1H3,(H2,26,28). The molecule has 0 aliphatic rings. The molecular weight excluding hydrogens is 454 g/mol. The van der Waals surface area contributed by atoms with Gasteiger partial charge in [-0.15, -0.1) is 0 Å². The molecule has 0 saturated carbocycles. The van der Waals surface area contributed by atoms with E-state index in [1.54, 1.807) is 18.2 Å². The Morgan fingerprint density at radius 2 is 1.64 bits per heavy atom. The fourth-order valence-electron chi connectivity index (χ4n) is 3.28. The second kappa shape index (κ2) is 9.88. The van der Waals surface area contributed by atoms with E-state index in [0.717, 1.165) is 16.4 Å². The quantitative estimate of drug-likeness (QED) is 0.505. The lowest BCUT2D eigenvalue weighted by Gasteiger charge is -2.29. The molecule has 0 spiro atoms. The molecule has 172 valence electrons. The molecule has 1 unspecified atom stereocenters. The van der Waals surface area contributed by atoms with Gasteiger partial charge in [-0.05, 0) is 35.4 Å². The highest BCUT2D eigenvalue weighted by molar-refractivity contribution is 7.89. The minimum absolute atomic E-state index is 0.231. The summed E-state index contributed by atoms with van der Waals surface area (Å²) < 4.78 is 60.3. The van der Waals surface area contributed by atoms with Gasteiger partial charge < -0.3 is 10.5 Å². The Hall–Kier alpha value is -3.63. The van der Waals surface area contributed by atoms with Gasteiger partial charge in [0.25, 0.3) is 0 Å². The number of primary amides is 1. The van der Waals surface area contributed by atoms with Crippen LogP contribution in [0.15, 0.2) is 77.7 Å². The molecule has 33 heavy (non-hydrogen) atoms. The zero-order chi connectivity index (χ0) is 24.2. The Balaban J connectivity index is 2.13. The number of hydrogen-bond acceptors (Lipinski definition) is 5. The van der Waals surface area contributed by atoms with Gasteiger partial charge in [-0.1, -0.05) is 42.5 Å². The van der Waals surface area contributed by atoms with Crippen LogP contribution in [0, 0.1) is 11.6 Å². The third-order valence-electron chi connectivity index (χ3n) is 4.87. The zero-order valence-corrected chi connectivity index (χ0v) is 18.3. The van der Waals surface area contributed by atoms with Crippen LogP contribution in [-0.2, 0) is 26.1 Å². The van der Waals surface area contributed by atoms with Gasteiger partial charge in [0.1, 0.15) is 22.6 Å². The van der Waals surface area contributed by atoms with E-state index in [2.05, 4.69) is 4.74 Å². The number of ether oxygens (including phenoxy) is 1. The predicted octanol–water partition coefficient (Wildman–Crippen LogP) is 3.17. The van der Waals surface area contributed by atoms with Gasteiger partial charge in [0.05, 0.1) is 12.7 Å². The van der Waals surface area contributed by atoms with Gasteiger partial charge in [0.2, 0.25) is 15.9 Å². The molecule has 0 aliphatic carbocycles. The molecule has 3 rings (SSSR count). The van der Waals surface area contributed by atoms with Crippen LogP contribution in [0.4, 0.5) is 8.78 Å². The van der Waals surface area contributed by atoms with E-state index >= 15 is 0 Å². The summed E-state index contributed by atoms with van der Waals surface area (Å²) in [6, 6.07) is 14.2. The highest BCUT2D eigenvalue weighted by Gasteiger charge is 2.37. The summed E-state index contributed by atoms with van der Waals surface area (Å²) in [5, 5.41) is 0. The van der Waals surface area contributed by atoms with Crippen molar-refractivity contribution >= 4 is 21.9 Å². The van der Waals surface area contributed by atoms with Crippen LogP contribution in [0.5, 0.6) is 0 Å².